The van der Waals surface area contributed by atoms with E-state index >= 15 is 0 Å². The molecule has 1 unspecified atom stereocenters. The Kier molecular flexibility index (Phi) is 2.48. The van der Waals surface area contributed by atoms with Crippen LogP contribution in [0.2, 0.25) is 0 Å². The van der Waals surface area contributed by atoms with Gasteiger partial charge in [0.1, 0.15) is 24.4 Å². The molecule has 4 aromatic rings. The predicted octanol–water partition coefficient (Wildman–Crippen LogP) is 3.34. The molecule has 4 aromatic carbocycles. The van der Waals surface area contributed by atoms with Crippen LogP contribution in [0.15, 0.2) is 42.5 Å². The maximum Gasteiger partial charge on any atom is 0.277 e. The average Bonchev–Trinajstić information content (AvgIpc) is 3.43. The Morgan fingerprint density at radius 3 is 2.46 bits per heavy atom. The molecular weight excluding hydrogens is 334 g/mol. The summed E-state index contributed by atoms with van der Waals surface area (Å²) in [6.45, 7) is 0. The first-order valence-corrected chi connectivity index (χ1v) is 8.46. The molecule has 1 saturated heterocycles. The standard InChI is InChI=1S/C20H13NO5/c22-17-12-7-9-2-1-8-3-6-13(21(24)25)10-4-5-11(15(9)14(8)10)16(12)19-20(26-19)18(17)23/h1-7,17-20,22-23H/t17-,18?,19+,20-/m1/s1. The lowest BCUT2D eigenvalue weighted by molar-refractivity contribution is -0.383. The Hall–Kier alpha value is -2.80. The monoisotopic (exact) mass is 347 g/mol. The molecule has 1 aliphatic heterocycles. The van der Waals surface area contributed by atoms with Crippen molar-refractivity contribution in [3.8, 4) is 0 Å². The molecule has 0 bridgehead atoms. The largest absolute Gasteiger partial charge is 0.387 e. The van der Waals surface area contributed by atoms with Crippen LogP contribution in [0.4, 0.5) is 5.69 Å². The smallest absolute Gasteiger partial charge is 0.277 e. The second kappa shape index (κ2) is 4.48. The predicted molar refractivity (Wildman–Crippen MR) is 95.4 cm³/mol. The van der Waals surface area contributed by atoms with Crippen LogP contribution in [-0.4, -0.2) is 27.3 Å². The summed E-state index contributed by atoms with van der Waals surface area (Å²) in [5.41, 5.74) is 1.65. The van der Waals surface area contributed by atoms with Crippen LogP contribution in [0, 0.1) is 10.1 Å². The van der Waals surface area contributed by atoms with Crippen molar-refractivity contribution in [3.63, 3.8) is 0 Å². The highest BCUT2D eigenvalue weighted by molar-refractivity contribution is 6.25. The van der Waals surface area contributed by atoms with Crippen molar-refractivity contribution in [1.82, 2.24) is 0 Å². The molecule has 26 heavy (non-hydrogen) atoms. The summed E-state index contributed by atoms with van der Waals surface area (Å²) in [5.74, 6) is 0. The van der Waals surface area contributed by atoms with E-state index in [0.717, 1.165) is 32.5 Å². The fraction of sp³-hybridized carbons (Fsp3) is 0.200. The normalized spacial score (nSPS) is 27.0. The summed E-state index contributed by atoms with van der Waals surface area (Å²) in [6, 6.07) is 12.7. The Morgan fingerprint density at radius 1 is 0.962 bits per heavy atom. The zero-order valence-corrected chi connectivity index (χ0v) is 13.4. The molecule has 0 amide bonds. The molecule has 1 fully saturated rings. The number of nitro benzene ring substituents is 1. The van der Waals surface area contributed by atoms with Gasteiger partial charge in [-0.15, -0.1) is 0 Å². The number of non-ortho nitro benzene ring substituents is 1. The summed E-state index contributed by atoms with van der Waals surface area (Å²) in [6.07, 6.45) is -2.54. The maximum atomic E-state index is 11.4. The van der Waals surface area contributed by atoms with Crippen LogP contribution in [0.5, 0.6) is 0 Å². The van der Waals surface area contributed by atoms with Gasteiger partial charge in [0.05, 0.1) is 10.3 Å². The number of nitrogens with zero attached hydrogens (tertiary/aromatic N) is 1. The molecule has 6 heteroatoms. The Balaban J connectivity index is 1.82. The second-order valence-corrected chi connectivity index (χ2v) is 7.10. The van der Waals surface area contributed by atoms with Crippen molar-refractivity contribution in [2.45, 2.75) is 24.4 Å². The molecule has 2 aliphatic rings. The van der Waals surface area contributed by atoms with Gasteiger partial charge in [0.2, 0.25) is 0 Å². The van der Waals surface area contributed by atoms with Gasteiger partial charge in [0, 0.05) is 11.5 Å². The van der Waals surface area contributed by atoms with E-state index < -0.39 is 12.2 Å². The minimum atomic E-state index is -0.995. The third kappa shape index (κ3) is 1.57. The van der Waals surface area contributed by atoms with E-state index in [-0.39, 0.29) is 22.8 Å². The first-order chi connectivity index (χ1) is 12.6. The summed E-state index contributed by atoms with van der Waals surface area (Å²) >= 11 is 0. The lowest BCUT2D eigenvalue weighted by Gasteiger charge is -2.25. The first-order valence-electron chi connectivity index (χ1n) is 8.46. The number of rotatable bonds is 1. The summed E-state index contributed by atoms with van der Waals surface area (Å²) < 4.78 is 5.62. The van der Waals surface area contributed by atoms with Gasteiger partial charge in [0.25, 0.3) is 5.69 Å². The molecule has 0 radical (unpaired) electrons. The van der Waals surface area contributed by atoms with E-state index in [0.29, 0.717) is 10.9 Å². The molecule has 0 spiro atoms. The number of benzene rings is 4. The molecular formula is C20H13NO5. The minimum absolute atomic E-state index is 0.0839. The van der Waals surface area contributed by atoms with Gasteiger partial charge in [-0.3, -0.25) is 10.1 Å². The number of ether oxygens (including phenoxy) is 1. The van der Waals surface area contributed by atoms with Gasteiger partial charge in [-0.2, -0.15) is 0 Å². The lowest BCUT2D eigenvalue weighted by Crippen LogP contribution is -2.29. The van der Waals surface area contributed by atoms with Crippen LogP contribution in [-0.2, 0) is 4.74 Å². The first kappa shape index (κ1) is 14.4. The maximum absolute atomic E-state index is 11.4. The van der Waals surface area contributed by atoms with E-state index in [4.69, 9.17) is 4.74 Å². The molecule has 1 heterocycles. The molecule has 0 saturated carbocycles. The van der Waals surface area contributed by atoms with Gasteiger partial charge < -0.3 is 14.9 Å². The van der Waals surface area contributed by atoms with Crippen molar-refractivity contribution in [3.05, 3.63) is 63.7 Å². The van der Waals surface area contributed by atoms with Crippen LogP contribution in [0.1, 0.15) is 23.3 Å². The molecule has 0 aromatic heterocycles. The van der Waals surface area contributed by atoms with Gasteiger partial charge >= 0.3 is 0 Å². The van der Waals surface area contributed by atoms with Crippen molar-refractivity contribution >= 4 is 38.0 Å². The van der Waals surface area contributed by atoms with Gasteiger partial charge in [0.15, 0.2) is 0 Å². The summed E-state index contributed by atoms with van der Waals surface area (Å²) in [4.78, 5) is 11.1. The van der Waals surface area contributed by atoms with Gasteiger partial charge in [-0.05, 0) is 50.9 Å². The average molecular weight is 347 g/mol. The van der Waals surface area contributed by atoms with Crippen molar-refractivity contribution in [2.75, 3.05) is 0 Å². The third-order valence-electron chi connectivity index (χ3n) is 5.82. The third-order valence-corrected chi connectivity index (χ3v) is 5.82. The summed E-state index contributed by atoms with van der Waals surface area (Å²) in [5, 5.41) is 37.3. The topological polar surface area (TPSA) is 96.1 Å². The molecule has 6 rings (SSSR count). The molecule has 1 aliphatic carbocycles. The van der Waals surface area contributed by atoms with Crippen LogP contribution in [0.3, 0.4) is 0 Å². The molecule has 2 N–H and O–H groups in total. The number of aliphatic hydroxyl groups is 2. The Bertz CT molecular complexity index is 1250. The number of aliphatic hydroxyl groups excluding tert-OH is 2. The van der Waals surface area contributed by atoms with Gasteiger partial charge in [-0.25, -0.2) is 0 Å². The van der Waals surface area contributed by atoms with Crippen LogP contribution in [0.25, 0.3) is 32.3 Å². The quantitative estimate of drug-likeness (QED) is 0.238. The number of fused-ring (bicyclic) bond motifs is 4. The molecule has 4 atom stereocenters. The zero-order valence-electron chi connectivity index (χ0n) is 13.4. The van der Waals surface area contributed by atoms with Crippen LogP contribution >= 0.6 is 0 Å². The number of hydrogen-bond donors (Lipinski definition) is 2. The highest BCUT2D eigenvalue weighted by atomic mass is 16.6. The van der Waals surface area contributed by atoms with E-state index in [1.54, 1.807) is 12.1 Å². The fourth-order valence-corrected chi connectivity index (χ4v) is 4.61. The SMILES string of the molecule is O=[N+]([O-])c1ccc2ccc3cc4c(c5ccc1c2c35)[C@@H]1O[C@@H]1C(O)[C@@H]4O. The Labute approximate surface area is 146 Å². The number of nitro groups is 1. The van der Waals surface area contributed by atoms with E-state index in [1.165, 1.54) is 6.07 Å². The minimum Gasteiger partial charge on any atom is -0.387 e. The Morgan fingerprint density at radius 2 is 1.65 bits per heavy atom. The van der Waals surface area contributed by atoms with Crippen LogP contribution < -0.4 is 0 Å². The second-order valence-electron chi connectivity index (χ2n) is 7.10. The van der Waals surface area contributed by atoms with E-state index in [1.807, 2.05) is 24.3 Å². The number of hydrogen-bond acceptors (Lipinski definition) is 5. The highest BCUT2D eigenvalue weighted by Gasteiger charge is 2.54. The number of epoxide rings is 1. The zero-order chi connectivity index (χ0) is 17.7. The van der Waals surface area contributed by atoms with E-state index in [2.05, 4.69) is 0 Å². The highest BCUT2D eigenvalue weighted by Crippen LogP contribution is 2.54. The van der Waals surface area contributed by atoms with Crippen molar-refractivity contribution < 1.29 is 19.9 Å². The van der Waals surface area contributed by atoms with E-state index in [9.17, 15) is 20.3 Å². The van der Waals surface area contributed by atoms with Crippen molar-refractivity contribution in [2.24, 2.45) is 0 Å². The fourth-order valence-electron chi connectivity index (χ4n) is 4.61. The van der Waals surface area contributed by atoms with Crippen molar-refractivity contribution in [1.29, 1.82) is 0 Å². The molecule has 128 valence electrons. The van der Waals surface area contributed by atoms with Gasteiger partial charge in [-0.1, -0.05) is 18.2 Å². The molecule has 6 nitrogen and oxygen atoms in total. The summed E-state index contributed by atoms with van der Waals surface area (Å²) in [7, 11) is 0. The lowest BCUT2D eigenvalue weighted by atomic mass is 9.81.